The number of ketones is 4. The van der Waals surface area contributed by atoms with Gasteiger partial charge in [-0.2, -0.15) is 105 Å². The Kier molecular flexibility index (Phi) is 35.3. The number of halogens is 24. The molecular weight excluding hydrogens is 1790 g/mol. The number of rotatable bonds is 6. The van der Waals surface area contributed by atoms with Gasteiger partial charge in [-0.15, -0.1) is 47.0 Å². The SMILES string of the molecule is O=C(/C=C(\[O-])C(F)(F)F)C(F)(F)F.O=C(/C=C(\[O-])C(F)(F)F)C(F)(F)F.O=C(/C=C(\[O-])C(F)(F)F)C(F)(F)F.O=C(/C=C(\[O-])C(F)(F)F)C(F)(F)F.[Cu+2].[Cu+2].c1cc([C@@H]2CSC3=C(SC(=C4SC5=C(OCCO5)S4)S3)S2)ccn1.c1cc([C@H]2CSC3=C(SC(=C4SC5=C(OCCO5)S4)S3)S2)ccn1. The number of nitrogens with zero attached hydrogens (tertiary/aromatic N) is 2. The molecule has 570 valence electrons. The molecule has 0 bridgehead atoms. The normalized spacial score (nSPS) is 19.7. The van der Waals surface area contributed by atoms with E-state index in [0.717, 1.165) is 31.9 Å². The summed E-state index contributed by atoms with van der Waals surface area (Å²) in [5.74, 6) is -20.4. The van der Waals surface area contributed by atoms with E-state index >= 15 is 0 Å². The van der Waals surface area contributed by atoms with Crippen molar-refractivity contribution >= 4 is 164 Å². The minimum atomic E-state index is -5.46. The Morgan fingerprint density at radius 1 is 0.333 bits per heavy atom. The molecule has 0 saturated carbocycles. The standard InChI is InChI=1S/2C15H11NO2S6.4C5H2F6O2.2Cu/c2*1-3-16-4-2-8(1)9-7-19-12-13(20-9)24-15(23-12)14-21-10-11(22-14)18-6-5-17-10;4*6-4(7,8)2(12)1-3(13)5(9,10)11;;/h2*1-4,9H,5-7H2;4*1,12H;;/q;;;;;;2*+2/p-4/b;;4*2-1-;;/t2*9-;;;;;;/m10....../s1. The van der Waals surface area contributed by atoms with E-state index in [-0.39, 0.29) is 34.1 Å². The van der Waals surface area contributed by atoms with Gasteiger partial charge in [-0.1, -0.05) is 47.0 Å². The smallest absolute Gasteiger partial charge is 0.869 e. The van der Waals surface area contributed by atoms with Gasteiger partial charge in [0.05, 0.1) is 33.9 Å². The first-order valence-electron chi connectivity index (χ1n) is 25.0. The van der Waals surface area contributed by atoms with Gasteiger partial charge in [0.15, 0.2) is 0 Å². The number of hydrogen-bond acceptors (Lipinski definition) is 26. The molecule has 0 amide bonds. The molecule has 2 atom stereocenters. The molecule has 2 aromatic rings. The van der Waals surface area contributed by atoms with Gasteiger partial charge < -0.3 is 39.4 Å². The summed E-state index contributed by atoms with van der Waals surface area (Å²) < 4.78 is 305. The summed E-state index contributed by atoms with van der Waals surface area (Å²) in [5, 5.41) is 44.1. The van der Waals surface area contributed by atoms with Crippen LogP contribution in [0.15, 0.2) is 151 Å². The van der Waals surface area contributed by atoms with Gasteiger partial charge in [0.25, 0.3) is 23.1 Å². The fourth-order valence-electron chi connectivity index (χ4n) is 5.88. The number of allylic oxidation sites excluding steroid dienone is 8. The molecule has 2 radical (unpaired) electrons. The van der Waals surface area contributed by atoms with Crippen LogP contribution in [0.3, 0.4) is 0 Å². The van der Waals surface area contributed by atoms with Crippen molar-refractivity contribution in [2.45, 2.75) is 59.9 Å². The largest absolute Gasteiger partial charge is 2.00 e. The second-order valence-corrected chi connectivity index (χ2v) is 32.1. The van der Waals surface area contributed by atoms with Crippen LogP contribution in [0.2, 0.25) is 0 Å². The third-order valence-corrected chi connectivity index (χ3v) is 28.1. The number of thioether (sulfide) groups is 12. The summed E-state index contributed by atoms with van der Waals surface area (Å²) in [6, 6.07) is 8.52. The number of carbonyl (C=O) groups is 4. The van der Waals surface area contributed by atoms with Crippen molar-refractivity contribution in [2.24, 2.45) is 0 Å². The summed E-state index contributed by atoms with van der Waals surface area (Å²) in [6.45, 7) is 2.62. The molecular formula is C50H26Cu2F24N2O12S12. The van der Waals surface area contributed by atoms with Gasteiger partial charge in [0.1, 0.15) is 26.4 Å². The Bertz CT molecular complexity index is 3310. The maximum absolute atomic E-state index is 11.3. The zero-order chi connectivity index (χ0) is 75.3. The summed E-state index contributed by atoms with van der Waals surface area (Å²) >= 11 is 22.4. The molecule has 0 unspecified atom stereocenters. The topological polar surface area (TPSA) is 223 Å². The van der Waals surface area contributed by atoms with Gasteiger partial charge >= 0.3 is 83.5 Å². The van der Waals surface area contributed by atoms with Crippen molar-refractivity contribution < 1.29 is 198 Å². The third kappa shape index (κ3) is 29.5. The second kappa shape index (κ2) is 38.9. The van der Waals surface area contributed by atoms with Crippen molar-refractivity contribution in [3.8, 4) is 0 Å². The number of alkyl halides is 24. The molecule has 52 heteroatoms. The van der Waals surface area contributed by atoms with Crippen molar-refractivity contribution in [1.29, 1.82) is 0 Å². The predicted octanol–water partition coefficient (Wildman–Crippen LogP) is 15.7. The van der Waals surface area contributed by atoms with E-state index in [2.05, 4.69) is 34.2 Å². The van der Waals surface area contributed by atoms with E-state index < -0.39 is 120 Å². The molecule has 0 spiro atoms. The number of ether oxygens (including phenoxy) is 4. The second-order valence-electron chi connectivity index (χ2n) is 17.5. The molecule has 10 heterocycles. The molecule has 0 aromatic carbocycles. The molecule has 0 aliphatic carbocycles. The van der Waals surface area contributed by atoms with Gasteiger partial charge in [-0.05, 0) is 130 Å². The molecule has 2 aromatic heterocycles. The minimum absolute atomic E-state index is 0. The van der Waals surface area contributed by atoms with Crippen LogP contribution < -0.4 is 20.4 Å². The van der Waals surface area contributed by atoms with Crippen LogP contribution in [0.4, 0.5) is 105 Å². The van der Waals surface area contributed by atoms with Crippen LogP contribution >= 0.6 is 141 Å². The zero-order valence-corrected chi connectivity index (χ0v) is 59.4. The first kappa shape index (κ1) is 92.5. The number of carbonyl (C=O) groups excluding carboxylic acids is 4. The van der Waals surface area contributed by atoms with Crippen molar-refractivity contribution in [1.82, 2.24) is 9.97 Å². The third-order valence-electron chi connectivity index (χ3n) is 10.3. The van der Waals surface area contributed by atoms with Crippen molar-refractivity contribution in [2.75, 3.05) is 37.9 Å². The van der Waals surface area contributed by atoms with E-state index in [1.165, 1.54) is 45.0 Å². The van der Waals surface area contributed by atoms with E-state index in [1.54, 1.807) is 47.0 Å². The summed E-state index contributed by atoms with van der Waals surface area (Å²) in [4.78, 5) is 47.5. The van der Waals surface area contributed by atoms with Crippen molar-refractivity contribution in [3.63, 3.8) is 0 Å². The van der Waals surface area contributed by atoms with Crippen LogP contribution in [0.1, 0.15) is 21.6 Å². The average molecular weight is 1810 g/mol. The zero-order valence-electron chi connectivity index (χ0n) is 47.7. The Labute approximate surface area is 627 Å². The van der Waals surface area contributed by atoms with E-state index in [0.29, 0.717) is 36.9 Å². The molecule has 8 aliphatic rings. The molecule has 102 heavy (non-hydrogen) atoms. The van der Waals surface area contributed by atoms with Crippen LogP contribution in [0.25, 0.3) is 0 Å². The van der Waals surface area contributed by atoms with Crippen LogP contribution in [-0.4, -0.2) is 120 Å². The number of hydrogen-bond donors (Lipinski definition) is 0. The van der Waals surface area contributed by atoms with Gasteiger partial charge in [-0.25, -0.2) is 0 Å². The summed E-state index contributed by atoms with van der Waals surface area (Å²) in [5.41, 5.74) is 2.73. The summed E-state index contributed by atoms with van der Waals surface area (Å²) in [6.07, 6.45) is -40.2. The first-order valence-corrected chi connectivity index (χ1v) is 35.3. The van der Waals surface area contributed by atoms with Gasteiger partial charge in [0, 0.05) is 46.8 Å². The Balaban J connectivity index is 0.000000327. The molecule has 0 saturated heterocycles. The fraction of sp³-hybridized carbons (Fsp3) is 0.320. The molecule has 0 fully saturated rings. The minimum Gasteiger partial charge on any atom is -0.869 e. The molecule has 10 rings (SSSR count). The van der Waals surface area contributed by atoms with Crippen molar-refractivity contribution in [3.05, 3.63) is 162 Å². The van der Waals surface area contributed by atoms with Gasteiger partial charge in [-0.3, -0.25) is 29.1 Å². The Morgan fingerprint density at radius 3 is 0.745 bits per heavy atom. The van der Waals surface area contributed by atoms with Crippen LogP contribution in [-0.2, 0) is 72.3 Å². The number of aromatic nitrogens is 2. The van der Waals surface area contributed by atoms with Crippen LogP contribution in [0, 0.1) is 0 Å². The van der Waals surface area contributed by atoms with Gasteiger partial charge in [0.2, 0.25) is 20.4 Å². The molecule has 8 aliphatic heterocycles. The Morgan fingerprint density at radius 2 is 0.539 bits per heavy atom. The monoisotopic (exact) mass is 1810 g/mol. The maximum Gasteiger partial charge on any atom is 2.00 e. The van der Waals surface area contributed by atoms with Crippen LogP contribution in [0.5, 0.6) is 0 Å². The molecule has 14 nitrogen and oxygen atoms in total. The fourth-order valence-corrected chi connectivity index (χ4v) is 23.8. The maximum atomic E-state index is 11.3. The Hall–Kier alpha value is -3.66. The molecule has 0 N–H and O–H groups in total. The number of pyridine rings is 2. The van der Waals surface area contributed by atoms with E-state index in [4.69, 9.17) is 18.9 Å². The summed E-state index contributed by atoms with van der Waals surface area (Å²) in [7, 11) is 0. The quantitative estimate of drug-likeness (QED) is 0.113. The predicted molar refractivity (Wildman–Crippen MR) is 322 cm³/mol. The van der Waals surface area contributed by atoms with E-state index in [9.17, 15) is 145 Å². The average Bonchev–Trinajstić information content (AvgIpc) is 1.64. The van der Waals surface area contributed by atoms with E-state index in [1.807, 2.05) is 119 Å². The first-order chi connectivity index (χ1) is 45.9.